The highest BCUT2D eigenvalue weighted by molar-refractivity contribution is 9.10. The zero-order chi connectivity index (χ0) is 23.3. The molecule has 1 aliphatic heterocycles. The molecule has 0 atom stereocenters. The second kappa shape index (κ2) is 10.5. The highest BCUT2D eigenvalue weighted by Gasteiger charge is 2.25. The van der Waals surface area contributed by atoms with Gasteiger partial charge in [-0.1, -0.05) is 52.3 Å². The number of allylic oxidation sites excluding steroid dienone is 2. The van der Waals surface area contributed by atoms with Crippen LogP contribution in [0.3, 0.4) is 0 Å². The van der Waals surface area contributed by atoms with Crippen molar-refractivity contribution in [1.29, 1.82) is 0 Å². The van der Waals surface area contributed by atoms with Crippen LogP contribution in [0.5, 0.6) is 0 Å². The quantitative estimate of drug-likeness (QED) is 0.277. The lowest BCUT2D eigenvalue weighted by Gasteiger charge is -2.14. The van der Waals surface area contributed by atoms with Gasteiger partial charge >= 0.3 is 7.60 Å². The normalized spacial score (nSPS) is 15.4. The number of hydrogen-bond donors (Lipinski definition) is 0. The molecule has 0 saturated carbocycles. The molecule has 2 aromatic carbocycles. The van der Waals surface area contributed by atoms with Crippen molar-refractivity contribution < 1.29 is 22.8 Å². The Hall–Kier alpha value is -2.70. The molecule has 0 saturated heterocycles. The summed E-state index contributed by atoms with van der Waals surface area (Å²) in [7, 11) is -3.34. The maximum atomic E-state index is 12.7. The van der Waals surface area contributed by atoms with E-state index in [2.05, 4.69) is 20.9 Å². The molecular formula is C25H23BrNO5P. The summed E-state index contributed by atoms with van der Waals surface area (Å²) < 4.78 is 36.3. The number of furan rings is 1. The van der Waals surface area contributed by atoms with E-state index in [1.54, 1.807) is 32.1 Å². The number of rotatable bonds is 8. The van der Waals surface area contributed by atoms with Gasteiger partial charge in [-0.3, -0.25) is 4.57 Å². The highest BCUT2D eigenvalue weighted by Crippen LogP contribution is 2.50. The van der Waals surface area contributed by atoms with E-state index in [-0.39, 0.29) is 13.2 Å². The van der Waals surface area contributed by atoms with Crippen LogP contribution in [0.4, 0.5) is 5.69 Å². The van der Waals surface area contributed by atoms with Crippen LogP contribution in [0.25, 0.3) is 22.8 Å². The van der Waals surface area contributed by atoms with Gasteiger partial charge in [0.1, 0.15) is 11.3 Å². The first-order valence-electron chi connectivity index (χ1n) is 10.5. The lowest BCUT2D eigenvalue weighted by Crippen LogP contribution is -2.05. The molecule has 4 rings (SSSR count). The van der Waals surface area contributed by atoms with Crippen molar-refractivity contribution in [3.05, 3.63) is 88.4 Å². The van der Waals surface area contributed by atoms with Gasteiger partial charge in [-0.15, -0.1) is 0 Å². The van der Waals surface area contributed by atoms with Crippen LogP contribution in [0, 0.1) is 0 Å². The fourth-order valence-electron chi connectivity index (χ4n) is 3.26. The Balaban J connectivity index is 1.74. The Morgan fingerprint density at radius 3 is 2.55 bits per heavy atom. The van der Waals surface area contributed by atoms with Crippen molar-refractivity contribution in [1.82, 2.24) is 0 Å². The van der Waals surface area contributed by atoms with Crippen LogP contribution in [0.2, 0.25) is 0 Å². The Labute approximate surface area is 200 Å². The van der Waals surface area contributed by atoms with Crippen molar-refractivity contribution in [2.75, 3.05) is 13.2 Å². The second-order valence-corrected chi connectivity index (χ2v) is 9.77. The van der Waals surface area contributed by atoms with E-state index in [9.17, 15) is 4.57 Å². The standard InChI is InChI=1S/C25H23BrNO5P/c1-3-29-33(28,30-4-2)16-8-11-22-25-24(20-17-19(26)13-14-21(20)32-25)27-23(31-22)15-12-18-9-6-5-7-10-18/h5-17H,3-4H2,1-2H3/b15-12+,16-8+,22-11-. The predicted molar refractivity (Wildman–Crippen MR) is 136 cm³/mol. The summed E-state index contributed by atoms with van der Waals surface area (Å²) in [6.45, 7) is 4.09. The van der Waals surface area contributed by atoms with Gasteiger partial charge in [0.2, 0.25) is 5.90 Å². The smallest absolute Gasteiger partial charge is 0.354 e. The molecule has 1 aliphatic rings. The van der Waals surface area contributed by atoms with Gasteiger partial charge in [-0.2, -0.15) is 0 Å². The molecule has 1 aromatic heterocycles. The van der Waals surface area contributed by atoms with E-state index in [1.165, 1.54) is 5.82 Å². The van der Waals surface area contributed by atoms with E-state index in [4.69, 9.17) is 18.2 Å². The maximum absolute atomic E-state index is 12.7. The zero-order valence-electron chi connectivity index (χ0n) is 18.2. The fourth-order valence-corrected chi connectivity index (χ4v) is 4.88. The van der Waals surface area contributed by atoms with Crippen LogP contribution in [0.15, 0.2) is 86.5 Å². The summed E-state index contributed by atoms with van der Waals surface area (Å²) in [4.78, 5) is 4.68. The molecule has 2 heterocycles. The van der Waals surface area contributed by atoms with Crippen LogP contribution in [-0.4, -0.2) is 19.1 Å². The molecule has 3 aromatic rings. The molecule has 0 aliphatic carbocycles. The second-order valence-electron chi connectivity index (χ2n) is 6.96. The average Bonchev–Trinajstić information content (AvgIpc) is 3.17. The third-order valence-electron chi connectivity index (χ3n) is 4.64. The topological polar surface area (TPSA) is 70.3 Å². The van der Waals surface area contributed by atoms with Gasteiger partial charge in [-0.25, -0.2) is 4.99 Å². The van der Waals surface area contributed by atoms with Gasteiger partial charge in [0.25, 0.3) is 0 Å². The van der Waals surface area contributed by atoms with E-state index in [1.807, 2.05) is 54.6 Å². The molecule has 0 radical (unpaired) electrons. The molecule has 0 N–H and O–H groups in total. The van der Waals surface area contributed by atoms with Gasteiger partial charge < -0.3 is 18.2 Å². The number of ether oxygens (including phenoxy) is 1. The maximum Gasteiger partial charge on any atom is 0.354 e. The minimum absolute atomic E-state index is 0.276. The Morgan fingerprint density at radius 1 is 1.06 bits per heavy atom. The molecule has 0 fully saturated rings. The van der Waals surface area contributed by atoms with Crippen LogP contribution < -0.4 is 0 Å². The van der Waals surface area contributed by atoms with Gasteiger partial charge in [0.15, 0.2) is 11.5 Å². The highest BCUT2D eigenvalue weighted by atomic mass is 79.9. The van der Waals surface area contributed by atoms with Crippen molar-refractivity contribution in [2.45, 2.75) is 13.8 Å². The molecule has 0 unspecified atom stereocenters. The van der Waals surface area contributed by atoms with Crippen LogP contribution in [-0.2, 0) is 18.3 Å². The van der Waals surface area contributed by atoms with E-state index in [0.717, 1.165) is 15.4 Å². The fraction of sp³-hybridized carbons (Fsp3) is 0.160. The molecule has 33 heavy (non-hydrogen) atoms. The minimum atomic E-state index is -3.34. The van der Waals surface area contributed by atoms with Crippen molar-refractivity contribution in [2.24, 2.45) is 4.99 Å². The number of aliphatic imine (C=N–C) groups is 1. The van der Waals surface area contributed by atoms with Crippen molar-refractivity contribution in [3.63, 3.8) is 0 Å². The predicted octanol–water partition coefficient (Wildman–Crippen LogP) is 8.09. The third-order valence-corrected chi connectivity index (χ3v) is 6.90. The summed E-state index contributed by atoms with van der Waals surface area (Å²) in [6.07, 6.45) is 7.00. The van der Waals surface area contributed by atoms with Gasteiger partial charge in [-0.05, 0) is 49.8 Å². The summed E-state index contributed by atoms with van der Waals surface area (Å²) in [5, 5.41) is 0.859. The number of nitrogens with zero attached hydrogens (tertiary/aromatic N) is 1. The van der Waals surface area contributed by atoms with E-state index >= 15 is 0 Å². The lowest BCUT2D eigenvalue weighted by molar-refractivity contribution is 0.229. The average molecular weight is 528 g/mol. The molecule has 0 bridgehead atoms. The first kappa shape index (κ1) is 23.5. The SMILES string of the molecule is CCOP(=O)(/C=C/C=C1\OC(/C=C/c2ccccc2)=Nc2c1oc1ccc(Br)cc21)OCC. The van der Waals surface area contributed by atoms with Gasteiger partial charge in [0, 0.05) is 21.8 Å². The number of benzene rings is 2. The first-order chi connectivity index (χ1) is 16.0. The summed E-state index contributed by atoms with van der Waals surface area (Å²) in [5.74, 6) is 2.76. The molecular weight excluding hydrogens is 505 g/mol. The van der Waals surface area contributed by atoms with Gasteiger partial charge in [0.05, 0.1) is 13.2 Å². The Morgan fingerprint density at radius 2 is 1.82 bits per heavy atom. The van der Waals surface area contributed by atoms with Crippen LogP contribution in [0.1, 0.15) is 25.2 Å². The number of halogens is 1. The monoisotopic (exact) mass is 527 g/mol. The first-order valence-corrected chi connectivity index (χ1v) is 12.9. The molecule has 6 nitrogen and oxygen atoms in total. The molecule has 0 spiro atoms. The largest absolute Gasteiger partial charge is 0.450 e. The number of hydrogen-bond acceptors (Lipinski definition) is 6. The third kappa shape index (κ3) is 5.63. The molecule has 170 valence electrons. The minimum Gasteiger partial charge on any atom is -0.450 e. The molecule has 8 heteroatoms. The summed E-state index contributed by atoms with van der Waals surface area (Å²) >= 11 is 3.51. The Bertz CT molecular complexity index is 1300. The number of fused-ring (bicyclic) bond motifs is 3. The Kier molecular flexibility index (Phi) is 7.46. The molecule has 0 amide bonds. The zero-order valence-corrected chi connectivity index (χ0v) is 20.7. The van der Waals surface area contributed by atoms with Crippen LogP contribution >= 0.6 is 23.5 Å². The summed E-state index contributed by atoms with van der Waals surface area (Å²) in [5.41, 5.74) is 2.38. The van der Waals surface area contributed by atoms with Crippen molar-refractivity contribution >= 4 is 57.9 Å². The van der Waals surface area contributed by atoms with Crippen molar-refractivity contribution in [3.8, 4) is 0 Å². The summed E-state index contributed by atoms with van der Waals surface area (Å²) in [6, 6.07) is 15.6. The lowest BCUT2D eigenvalue weighted by atomic mass is 10.2. The van der Waals surface area contributed by atoms with E-state index < -0.39 is 7.60 Å². The van der Waals surface area contributed by atoms with E-state index in [0.29, 0.717) is 28.7 Å².